The number of rotatable bonds is 8. The van der Waals surface area contributed by atoms with Gasteiger partial charge in [-0.3, -0.25) is 10.1 Å². The minimum atomic E-state index is -0.701. The fourth-order valence-corrected chi connectivity index (χ4v) is 5.43. The number of carboxylic acid groups (broad SMARTS) is 1. The molecule has 1 aliphatic heterocycles. The summed E-state index contributed by atoms with van der Waals surface area (Å²) in [5.74, 6) is 0.781. The number of carbonyl (C=O) groups excluding carboxylic acids is 1. The standard InChI is InChI=1S/C28H30N6O4/c1-19(20-5-3-2-4-6-20)38-27(37)32-26-21(16-29)17-31-34(26)23-7-8-24(30-18-23)33-13-9-22(10-14-33)28(11-12-28)15-25(35)36/h2-8,17-19,22H,9-15H2,1H3,(H,32,37)(H,35,36). The van der Waals surface area contributed by atoms with Crippen LogP contribution in [0.4, 0.5) is 16.4 Å². The quantitative estimate of drug-likeness (QED) is 0.433. The molecular weight excluding hydrogens is 484 g/mol. The predicted octanol–water partition coefficient (Wildman–Crippen LogP) is 4.92. The van der Waals surface area contributed by atoms with Crippen LogP contribution in [0.15, 0.2) is 54.9 Å². The van der Waals surface area contributed by atoms with Crippen molar-refractivity contribution in [3.63, 3.8) is 0 Å². The number of benzene rings is 1. The Kier molecular flexibility index (Phi) is 7.01. The molecule has 0 radical (unpaired) electrons. The lowest BCUT2D eigenvalue weighted by Crippen LogP contribution is -2.37. The predicted molar refractivity (Wildman–Crippen MR) is 140 cm³/mol. The molecule has 1 saturated carbocycles. The molecule has 0 bridgehead atoms. The molecule has 1 aliphatic carbocycles. The molecule has 2 aromatic heterocycles. The van der Waals surface area contributed by atoms with Crippen LogP contribution in [0.3, 0.4) is 0 Å². The highest BCUT2D eigenvalue weighted by Gasteiger charge is 2.50. The molecule has 1 amide bonds. The summed E-state index contributed by atoms with van der Waals surface area (Å²) in [6.07, 6.45) is 6.10. The lowest BCUT2D eigenvalue weighted by atomic mass is 9.79. The number of carbonyl (C=O) groups is 2. The minimum Gasteiger partial charge on any atom is -0.481 e. The number of nitrogens with zero attached hydrogens (tertiary/aromatic N) is 5. The fourth-order valence-electron chi connectivity index (χ4n) is 5.43. The number of aromatic nitrogens is 3. The Labute approximate surface area is 220 Å². The molecule has 1 unspecified atom stereocenters. The Bertz CT molecular complexity index is 1340. The third-order valence-electron chi connectivity index (χ3n) is 7.72. The minimum absolute atomic E-state index is 0.00279. The molecule has 0 spiro atoms. The van der Waals surface area contributed by atoms with E-state index in [-0.39, 0.29) is 23.2 Å². The third-order valence-corrected chi connectivity index (χ3v) is 7.72. The van der Waals surface area contributed by atoms with Crippen molar-refractivity contribution in [3.8, 4) is 11.8 Å². The summed E-state index contributed by atoms with van der Waals surface area (Å²) in [7, 11) is 0. The van der Waals surface area contributed by atoms with Gasteiger partial charge in [-0.1, -0.05) is 30.3 Å². The number of ether oxygens (including phenoxy) is 1. The number of nitrogens with one attached hydrogen (secondary N) is 1. The maximum Gasteiger partial charge on any atom is 0.413 e. The second-order valence-electron chi connectivity index (χ2n) is 10.1. The van der Waals surface area contributed by atoms with Crippen LogP contribution in [0.25, 0.3) is 5.69 Å². The molecule has 1 saturated heterocycles. The van der Waals surface area contributed by atoms with Crippen molar-refractivity contribution >= 4 is 23.7 Å². The van der Waals surface area contributed by atoms with Gasteiger partial charge in [0.2, 0.25) is 0 Å². The number of aliphatic carboxylic acids is 1. The Morgan fingerprint density at radius 3 is 2.53 bits per heavy atom. The fraction of sp³-hybridized carbons (Fsp3) is 0.393. The molecular formula is C28H30N6O4. The van der Waals surface area contributed by atoms with Gasteiger partial charge in [-0.05, 0) is 61.6 Å². The van der Waals surface area contributed by atoms with Gasteiger partial charge >= 0.3 is 12.1 Å². The molecule has 2 fully saturated rings. The zero-order chi connectivity index (χ0) is 26.7. The highest BCUT2D eigenvalue weighted by Crippen LogP contribution is 2.57. The summed E-state index contributed by atoms with van der Waals surface area (Å²) in [6, 6.07) is 15.2. The van der Waals surface area contributed by atoms with Crippen molar-refractivity contribution in [2.45, 2.75) is 45.1 Å². The second kappa shape index (κ2) is 10.5. The third kappa shape index (κ3) is 5.32. The molecule has 3 aromatic rings. The van der Waals surface area contributed by atoms with Crippen molar-refractivity contribution in [1.29, 1.82) is 5.26 Å². The average Bonchev–Trinajstić information content (AvgIpc) is 3.60. The van der Waals surface area contributed by atoms with Crippen LogP contribution >= 0.6 is 0 Å². The van der Waals surface area contributed by atoms with Gasteiger partial charge in [0.05, 0.1) is 24.5 Å². The maximum absolute atomic E-state index is 12.6. The first-order chi connectivity index (χ1) is 18.4. The van der Waals surface area contributed by atoms with Crippen LogP contribution in [0.2, 0.25) is 0 Å². The van der Waals surface area contributed by atoms with Crippen molar-refractivity contribution in [2.24, 2.45) is 11.3 Å². The van der Waals surface area contributed by atoms with E-state index in [1.54, 1.807) is 13.1 Å². The van der Waals surface area contributed by atoms with E-state index in [4.69, 9.17) is 4.74 Å². The number of anilines is 2. The van der Waals surface area contributed by atoms with Gasteiger partial charge < -0.3 is 14.7 Å². The highest BCUT2D eigenvalue weighted by molar-refractivity contribution is 5.85. The highest BCUT2D eigenvalue weighted by atomic mass is 16.6. The maximum atomic E-state index is 12.6. The summed E-state index contributed by atoms with van der Waals surface area (Å²) in [6.45, 7) is 3.44. The molecule has 5 rings (SSSR count). The number of amides is 1. The number of nitriles is 1. The second-order valence-corrected chi connectivity index (χ2v) is 10.1. The normalized spacial score (nSPS) is 17.3. The van der Waals surface area contributed by atoms with Crippen molar-refractivity contribution in [1.82, 2.24) is 14.8 Å². The first kappa shape index (κ1) is 25.3. The smallest absolute Gasteiger partial charge is 0.413 e. The Morgan fingerprint density at radius 2 is 1.92 bits per heavy atom. The summed E-state index contributed by atoms with van der Waals surface area (Å²) in [5, 5.41) is 25.8. The molecule has 2 aliphatic rings. The summed E-state index contributed by atoms with van der Waals surface area (Å²) < 4.78 is 6.96. The van der Waals surface area contributed by atoms with Gasteiger partial charge in [0.15, 0.2) is 5.82 Å². The van der Waals surface area contributed by atoms with E-state index < -0.39 is 18.2 Å². The average molecular weight is 515 g/mol. The van der Waals surface area contributed by atoms with Crippen molar-refractivity contribution < 1.29 is 19.4 Å². The van der Waals surface area contributed by atoms with E-state index in [0.717, 1.165) is 50.2 Å². The van der Waals surface area contributed by atoms with Gasteiger partial charge in [-0.15, -0.1) is 0 Å². The first-order valence-electron chi connectivity index (χ1n) is 12.8. The van der Waals surface area contributed by atoms with Crippen molar-refractivity contribution in [3.05, 3.63) is 66.0 Å². The zero-order valence-corrected chi connectivity index (χ0v) is 21.2. The van der Waals surface area contributed by atoms with Gasteiger partial charge in [0.1, 0.15) is 23.6 Å². The molecule has 38 heavy (non-hydrogen) atoms. The number of carboxylic acids is 1. The number of pyridine rings is 1. The van der Waals surface area contributed by atoms with Crippen LogP contribution in [-0.4, -0.2) is 45.0 Å². The van der Waals surface area contributed by atoms with Gasteiger partial charge in [-0.2, -0.15) is 10.4 Å². The van der Waals surface area contributed by atoms with Crippen LogP contribution in [0.5, 0.6) is 0 Å². The van der Waals surface area contributed by atoms with E-state index in [1.807, 2.05) is 42.5 Å². The van der Waals surface area contributed by atoms with E-state index >= 15 is 0 Å². The number of piperidine rings is 1. The lowest BCUT2D eigenvalue weighted by molar-refractivity contribution is -0.139. The molecule has 196 valence electrons. The van der Waals surface area contributed by atoms with E-state index in [2.05, 4.69) is 26.4 Å². The SMILES string of the molecule is CC(OC(=O)Nc1c(C#N)cnn1-c1ccc(N2CCC(C3(CC(=O)O)CC3)CC2)nc1)c1ccccc1. The number of hydrogen-bond donors (Lipinski definition) is 2. The molecule has 1 atom stereocenters. The summed E-state index contributed by atoms with van der Waals surface area (Å²) in [5.41, 5.74) is 1.65. The summed E-state index contributed by atoms with van der Waals surface area (Å²) >= 11 is 0. The van der Waals surface area contributed by atoms with Gasteiger partial charge in [0.25, 0.3) is 0 Å². The monoisotopic (exact) mass is 514 g/mol. The lowest BCUT2D eigenvalue weighted by Gasteiger charge is -2.36. The summed E-state index contributed by atoms with van der Waals surface area (Å²) in [4.78, 5) is 30.7. The van der Waals surface area contributed by atoms with Gasteiger partial charge in [0, 0.05) is 13.1 Å². The molecule has 1 aromatic carbocycles. The Balaban J connectivity index is 1.24. The molecule has 3 heterocycles. The van der Waals surface area contributed by atoms with Crippen LogP contribution in [-0.2, 0) is 9.53 Å². The van der Waals surface area contributed by atoms with Crippen LogP contribution in [0, 0.1) is 22.7 Å². The van der Waals surface area contributed by atoms with E-state index in [9.17, 15) is 20.0 Å². The van der Waals surface area contributed by atoms with E-state index in [1.165, 1.54) is 10.9 Å². The first-order valence-corrected chi connectivity index (χ1v) is 12.8. The Morgan fingerprint density at radius 1 is 1.18 bits per heavy atom. The number of hydrogen-bond acceptors (Lipinski definition) is 7. The van der Waals surface area contributed by atoms with Crippen LogP contribution < -0.4 is 10.2 Å². The van der Waals surface area contributed by atoms with Crippen molar-refractivity contribution in [2.75, 3.05) is 23.3 Å². The van der Waals surface area contributed by atoms with E-state index in [0.29, 0.717) is 11.6 Å². The molecule has 2 N–H and O–H groups in total. The topological polar surface area (TPSA) is 133 Å². The van der Waals surface area contributed by atoms with Crippen LogP contribution in [0.1, 0.15) is 56.3 Å². The van der Waals surface area contributed by atoms with Gasteiger partial charge in [-0.25, -0.2) is 14.5 Å². The largest absolute Gasteiger partial charge is 0.481 e. The Hall–Kier alpha value is -4.39. The molecule has 10 heteroatoms. The zero-order valence-electron chi connectivity index (χ0n) is 21.2. The molecule has 10 nitrogen and oxygen atoms in total.